The van der Waals surface area contributed by atoms with Gasteiger partial charge in [0.05, 0.1) is 43.2 Å². The predicted octanol–water partition coefficient (Wildman–Crippen LogP) is 1.49. The van der Waals surface area contributed by atoms with Crippen LogP contribution >= 0.6 is 0 Å². The Balaban J connectivity index is 2.28. The molecule has 0 spiro atoms. The highest BCUT2D eigenvalue weighted by atomic mass is 16.7. The van der Waals surface area contributed by atoms with Crippen molar-refractivity contribution < 1.29 is 23.6 Å². The van der Waals surface area contributed by atoms with Gasteiger partial charge in [-0.05, 0) is 40.7 Å². The van der Waals surface area contributed by atoms with Crippen molar-refractivity contribution in [3.8, 4) is 5.75 Å². The number of rotatable bonds is 5. The molecule has 1 aliphatic rings. The zero-order valence-electron chi connectivity index (χ0n) is 14.6. The second kappa shape index (κ2) is 6.49. The Labute approximate surface area is 137 Å². The van der Waals surface area contributed by atoms with E-state index in [1.807, 2.05) is 27.7 Å². The van der Waals surface area contributed by atoms with Crippen LogP contribution in [0.4, 0.5) is 0 Å². The van der Waals surface area contributed by atoms with Crippen LogP contribution in [-0.4, -0.2) is 43.0 Å². The van der Waals surface area contributed by atoms with Gasteiger partial charge in [0, 0.05) is 5.46 Å². The molecule has 7 heteroatoms. The molecule has 2 rings (SSSR count). The van der Waals surface area contributed by atoms with Crippen molar-refractivity contribution in [3.63, 3.8) is 0 Å². The highest BCUT2D eigenvalue weighted by molar-refractivity contribution is 6.63. The maximum absolute atomic E-state index is 11.6. The van der Waals surface area contributed by atoms with Crippen LogP contribution in [0.1, 0.15) is 40.3 Å². The topological polar surface area (TPSA) is 66.9 Å². The Morgan fingerprint density at radius 1 is 1.26 bits per heavy atom. The SMILES string of the molecule is CCOC(=O)Cc1cc(B2OC(C)(C)C(C)(C)O2)c(OC)cn1. The summed E-state index contributed by atoms with van der Waals surface area (Å²) in [7, 11) is 0.996. The molecule has 1 saturated heterocycles. The molecule has 0 N–H and O–H groups in total. The molecule has 0 bridgehead atoms. The molecule has 23 heavy (non-hydrogen) atoms. The third-order valence-electron chi connectivity index (χ3n) is 4.31. The van der Waals surface area contributed by atoms with Crippen LogP contribution in [-0.2, 0) is 25.3 Å². The standard InChI is InChI=1S/C16H24BNO5/c1-7-21-14(19)9-11-8-12(13(20-6)10-18-11)17-22-15(2,3)16(4,5)23-17/h8,10H,7,9H2,1-6H3. The molecule has 1 aromatic rings. The van der Waals surface area contributed by atoms with E-state index >= 15 is 0 Å². The van der Waals surface area contributed by atoms with Crippen LogP contribution in [0.5, 0.6) is 5.75 Å². The highest BCUT2D eigenvalue weighted by Crippen LogP contribution is 2.37. The van der Waals surface area contributed by atoms with Gasteiger partial charge < -0.3 is 18.8 Å². The van der Waals surface area contributed by atoms with Gasteiger partial charge in [-0.1, -0.05) is 0 Å². The van der Waals surface area contributed by atoms with Crippen molar-refractivity contribution in [3.05, 3.63) is 18.0 Å². The van der Waals surface area contributed by atoms with Crippen LogP contribution < -0.4 is 10.2 Å². The van der Waals surface area contributed by atoms with E-state index in [2.05, 4.69) is 4.98 Å². The van der Waals surface area contributed by atoms with E-state index in [-0.39, 0.29) is 12.4 Å². The fourth-order valence-electron chi connectivity index (χ4n) is 2.29. The number of carbonyl (C=O) groups is 1. The van der Waals surface area contributed by atoms with Gasteiger partial charge in [-0.3, -0.25) is 9.78 Å². The van der Waals surface area contributed by atoms with Gasteiger partial charge in [0.25, 0.3) is 0 Å². The molecule has 0 aromatic carbocycles. The summed E-state index contributed by atoms with van der Waals surface area (Å²) in [6.45, 7) is 10.1. The lowest BCUT2D eigenvalue weighted by Gasteiger charge is -2.32. The molecule has 0 aliphatic carbocycles. The van der Waals surface area contributed by atoms with Gasteiger partial charge in [0.15, 0.2) is 0 Å². The number of hydrogen-bond donors (Lipinski definition) is 0. The Morgan fingerprint density at radius 3 is 2.39 bits per heavy atom. The van der Waals surface area contributed by atoms with E-state index in [0.717, 1.165) is 5.46 Å². The van der Waals surface area contributed by atoms with E-state index in [1.54, 1.807) is 26.3 Å². The third kappa shape index (κ3) is 3.67. The first-order valence-corrected chi connectivity index (χ1v) is 7.74. The molecule has 0 unspecified atom stereocenters. The average Bonchev–Trinajstić information content (AvgIpc) is 2.67. The normalized spacial score (nSPS) is 18.8. The molecular formula is C16H24BNO5. The Bertz CT molecular complexity index is 572. The monoisotopic (exact) mass is 321 g/mol. The maximum atomic E-state index is 11.6. The molecule has 6 nitrogen and oxygen atoms in total. The van der Waals surface area contributed by atoms with Crippen molar-refractivity contribution in [1.82, 2.24) is 4.98 Å². The quantitative estimate of drug-likeness (QED) is 0.605. The minimum atomic E-state index is -0.570. The Hall–Kier alpha value is -1.60. The smallest absolute Gasteiger partial charge is 0.496 e. The second-order valence-corrected chi connectivity index (χ2v) is 6.49. The summed E-state index contributed by atoms with van der Waals surface area (Å²) in [5, 5.41) is 0. The second-order valence-electron chi connectivity index (χ2n) is 6.49. The van der Waals surface area contributed by atoms with E-state index in [1.165, 1.54) is 0 Å². The first-order valence-electron chi connectivity index (χ1n) is 7.74. The number of pyridine rings is 1. The van der Waals surface area contributed by atoms with Crippen molar-refractivity contribution >= 4 is 18.6 Å². The van der Waals surface area contributed by atoms with E-state index in [9.17, 15) is 4.79 Å². The zero-order valence-corrected chi connectivity index (χ0v) is 14.6. The number of esters is 1. The number of hydrogen-bond acceptors (Lipinski definition) is 6. The number of ether oxygens (including phenoxy) is 2. The van der Waals surface area contributed by atoms with Gasteiger partial charge in [0.1, 0.15) is 5.75 Å². The molecule has 1 fully saturated rings. The molecule has 0 saturated carbocycles. The maximum Gasteiger partial charge on any atom is 0.498 e. The fourth-order valence-corrected chi connectivity index (χ4v) is 2.29. The van der Waals surface area contributed by atoms with Gasteiger partial charge >= 0.3 is 13.1 Å². The molecule has 0 radical (unpaired) electrons. The van der Waals surface area contributed by atoms with E-state index in [0.29, 0.717) is 18.1 Å². The molecular weight excluding hydrogens is 297 g/mol. The van der Waals surface area contributed by atoms with E-state index < -0.39 is 18.3 Å². The summed E-state index contributed by atoms with van der Waals surface area (Å²) in [6, 6.07) is 1.78. The summed E-state index contributed by atoms with van der Waals surface area (Å²) < 4.78 is 22.4. The number of nitrogens with zero attached hydrogens (tertiary/aromatic N) is 1. The van der Waals surface area contributed by atoms with E-state index in [4.69, 9.17) is 18.8 Å². The summed E-state index contributed by atoms with van der Waals surface area (Å²) in [6.07, 6.45) is 1.68. The lowest BCUT2D eigenvalue weighted by Crippen LogP contribution is -2.41. The van der Waals surface area contributed by atoms with Crippen molar-refractivity contribution in [1.29, 1.82) is 0 Å². The molecule has 1 aliphatic heterocycles. The first-order chi connectivity index (χ1) is 10.7. The lowest BCUT2D eigenvalue weighted by atomic mass is 9.78. The van der Waals surface area contributed by atoms with Crippen LogP contribution in [0.15, 0.2) is 12.3 Å². The van der Waals surface area contributed by atoms with Gasteiger partial charge in [-0.2, -0.15) is 0 Å². The zero-order chi connectivity index (χ0) is 17.3. The summed E-state index contributed by atoms with van der Waals surface area (Å²) in [4.78, 5) is 15.9. The van der Waals surface area contributed by atoms with Crippen molar-refractivity contribution in [2.45, 2.75) is 52.2 Å². The lowest BCUT2D eigenvalue weighted by molar-refractivity contribution is -0.142. The van der Waals surface area contributed by atoms with Crippen LogP contribution in [0.3, 0.4) is 0 Å². The minimum Gasteiger partial charge on any atom is -0.496 e. The van der Waals surface area contributed by atoms with Crippen molar-refractivity contribution in [2.75, 3.05) is 13.7 Å². The van der Waals surface area contributed by atoms with Crippen molar-refractivity contribution in [2.24, 2.45) is 0 Å². The molecule has 0 atom stereocenters. The Kier molecular flexibility index (Phi) is 5.01. The van der Waals surface area contributed by atoms with Crippen LogP contribution in [0.2, 0.25) is 0 Å². The minimum absolute atomic E-state index is 0.102. The first kappa shape index (κ1) is 17.8. The Morgan fingerprint density at radius 2 is 1.87 bits per heavy atom. The van der Waals surface area contributed by atoms with Crippen LogP contribution in [0, 0.1) is 0 Å². The largest absolute Gasteiger partial charge is 0.498 e. The number of carbonyl (C=O) groups excluding carboxylic acids is 1. The van der Waals surface area contributed by atoms with Crippen LogP contribution in [0.25, 0.3) is 0 Å². The number of aromatic nitrogens is 1. The summed E-state index contributed by atoms with van der Waals surface area (Å²) in [5.41, 5.74) is 0.412. The molecule has 1 aromatic heterocycles. The number of methoxy groups -OCH3 is 1. The molecule has 2 heterocycles. The average molecular weight is 321 g/mol. The molecule has 126 valence electrons. The predicted molar refractivity (Wildman–Crippen MR) is 86.8 cm³/mol. The third-order valence-corrected chi connectivity index (χ3v) is 4.31. The van der Waals surface area contributed by atoms with Gasteiger partial charge in [-0.15, -0.1) is 0 Å². The highest BCUT2D eigenvalue weighted by Gasteiger charge is 2.52. The summed E-state index contributed by atoms with van der Waals surface area (Å²) >= 11 is 0. The summed E-state index contributed by atoms with van der Waals surface area (Å²) in [5.74, 6) is 0.251. The van der Waals surface area contributed by atoms with Gasteiger partial charge in [0.2, 0.25) is 0 Å². The van der Waals surface area contributed by atoms with Gasteiger partial charge in [-0.25, -0.2) is 0 Å². The molecule has 0 amide bonds. The fraction of sp³-hybridized carbons (Fsp3) is 0.625.